The standard InChI is InChI=1S/C19H26N4O2S/c1-15-7-4-5-8-17(15)26(24,25)22-13-10-16(11-14-22)19-21-20-18-9-3-2-6-12-23(18)19/h4-5,7-8,16H,2-3,6,9-14H2,1H3. The summed E-state index contributed by atoms with van der Waals surface area (Å²) in [6, 6.07) is 7.22. The topological polar surface area (TPSA) is 68.1 Å². The third-order valence-electron chi connectivity index (χ3n) is 5.67. The normalized spacial score (nSPS) is 19.9. The highest BCUT2D eigenvalue weighted by Gasteiger charge is 2.33. The van der Waals surface area contributed by atoms with E-state index in [1.807, 2.05) is 19.1 Å². The van der Waals surface area contributed by atoms with Gasteiger partial charge in [0, 0.05) is 32.0 Å². The lowest BCUT2D eigenvalue weighted by molar-refractivity contribution is 0.308. The highest BCUT2D eigenvalue weighted by atomic mass is 32.2. The molecule has 0 aliphatic carbocycles. The molecule has 7 heteroatoms. The van der Waals surface area contributed by atoms with E-state index < -0.39 is 10.0 Å². The second kappa shape index (κ2) is 7.12. The van der Waals surface area contributed by atoms with Gasteiger partial charge < -0.3 is 4.57 Å². The Morgan fingerprint density at radius 1 is 1.00 bits per heavy atom. The Morgan fingerprint density at radius 3 is 2.54 bits per heavy atom. The first-order valence-electron chi connectivity index (χ1n) is 9.55. The predicted molar refractivity (Wildman–Crippen MR) is 99.5 cm³/mol. The highest BCUT2D eigenvalue weighted by Crippen LogP contribution is 2.31. The lowest BCUT2D eigenvalue weighted by Crippen LogP contribution is -2.38. The molecule has 0 spiro atoms. The molecule has 1 aromatic carbocycles. The summed E-state index contributed by atoms with van der Waals surface area (Å²) in [6.07, 6.45) is 6.24. The van der Waals surface area contributed by atoms with Crippen molar-refractivity contribution in [1.82, 2.24) is 19.1 Å². The van der Waals surface area contributed by atoms with Crippen molar-refractivity contribution in [1.29, 1.82) is 0 Å². The number of sulfonamides is 1. The van der Waals surface area contributed by atoms with Crippen molar-refractivity contribution in [2.75, 3.05) is 13.1 Å². The molecule has 0 atom stereocenters. The number of rotatable bonds is 3. The molecule has 0 saturated carbocycles. The minimum atomic E-state index is -3.42. The van der Waals surface area contributed by atoms with Crippen LogP contribution in [0.3, 0.4) is 0 Å². The molecule has 0 bridgehead atoms. The van der Waals surface area contributed by atoms with Crippen LogP contribution in [0.5, 0.6) is 0 Å². The zero-order chi connectivity index (χ0) is 18.1. The molecule has 0 unspecified atom stereocenters. The van der Waals surface area contributed by atoms with Crippen LogP contribution in [0.1, 0.15) is 55.2 Å². The molecule has 1 aromatic heterocycles. The SMILES string of the molecule is Cc1ccccc1S(=O)(=O)N1CCC(c2nnc3n2CCCCC3)CC1. The van der Waals surface area contributed by atoms with Gasteiger partial charge in [-0.3, -0.25) is 0 Å². The number of piperidine rings is 1. The highest BCUT2D eigenvalue weighted by molar-refractivity contribution is 7.89. The molecule has 3 heterocycles. The predicted octanol–water partition coefficient (Wildman–Crippen LogP) is 2.88. The average Bonchev–Trinajstić information content (AvgIpc) is 2.90. The van der Waals surface area contributed by atoms with Crippen molar-refractivity contribution in [3.63, 3.8) is 0 Å². The van der Waals surface area contributed by atoms with Crippen LogP contribution >= 0.6 is 0 Å². The monoisotopic (exact) mass is 374 g/mol. The van der Waals surface area contributed by atoms with Crippen LogP contribution in [-0.4, -0.2) is 40.6 Å². The lowest BCUT2D eigenvalue weighted by Gasteiger charge is -2.31. The third kappa shape index (κ3) is 3.18. The van der Waals surface area contributed by atoms with Gasteiger partial charge in [0.15, 0.2) is 0 Å². The second-order valence-electron chi connectivity index (χ2n) is 7.38. The zero-order valence-electron chi connectivity index (χ0n) is 15.3. The van der Waals surface area contributed by atoms with E-state index in [1.165, 1.54) is 19.3 Å². The summed E-state index contributed by atoms with van der Waals surface area (Å²) >= 11 is 0. The van der Waals surface area contributed by atoms with Crippen molar-refractivity contribution in [3.05, 3.63) is 41.5 Å². The van der Waals surface area contributed by atoms with E-state index >= 15 is 0 Å². The maximum Gasteiger partial charge on any atom is 0.243 e. The molecule has 140 valence electrons. The molecule has 2 aromatic rings. The fraction of sp³-hybridized carbons (Fsp3) is 0.579. The molecule has 0 N–H and O–H groups in total. The molecule has 26 heavy (non-hydrogen) atoms. The van der Waals surface area contributed by atoms with E-state index in [0.717, 1.165) is 43.0 Å². The van der Waals surface area contributed by atoms with Gasteiger partial charge in [-0.2, -0.15) is 4.31 Å². The van der Waals surface area contributed by atoms with E-state index in [1.54, 1.807) is 16.4 Å². The number of fused-ring (bicyclic) bond motifs is 1. The maximum absolute atomic E-state index is 13.0. The largest absolute Gasteiger partial charge is 0.315 e. The molecule has 0 radical (unpaired) electrons. The van der Waals surface area contributed by atoms with Gasteiger partial charge in [-0.1, -0.05) is 24.6 Å². The quantitative estimate of drug-likeness (QED) is 0.828. The Balaban J connectivity index is 1.50. The minimum Gasteiger partial charge on any atom is -0.315 e. The molecule has 1 fully saturated rings. The summed E-state index contributed by atoms with van der Waals surface area (Å²) in [5, 5.41) is 8.87. The Morgan fingerprint density at radius 2 is 1.77 bits per heavy atom. The summed E-state index contributed by atoms with van der Waals surface area (Å²) in [5.74, 6) is 2.47. The number of hydrogen-bond acceptors (Lipinski definition) is 4. The average molecular weight is 375 g/mol. The van der Waals surface area contributed by atoms with Gasteiger partial charge in [0.05, 0.1) is 4.90 Å². The van der Waals surface area contributed by atoms with Crippen LogP contribution in [0.25, 0.3) is 0 Å². The summed E-state index contributed by atoms with van der Waals surface area (Å²) in [7, 11) is -3.42. The number of benzene rings is 1. The van der Waals surface area contributed by atoms with E-state index in [-0.39, 0.29) is 0 Å². The first-order valence-corrected chi connectivity index (χ1v) is 11.0. The van der Waals surface area contributed by atoms with Crippen LogP contribution in [-0.2, 0) is 23.0 Å². The van der Waals surface area contributed by atoms with Gasteiger partial charge in [-0.05, 0) is 44.2 Å². The third-order valence-corrected chi connectivity index (χ3v) is 7.73. The number of aryl methyl sites for hydroxylation is 2. The maximum atomic E-state index is 13.0. The van der Waals surface area contributed by atoms with Crippen molar-refractivity contribution in [3.8, 4) is 0 Å². The summed E-state index contributed by atoms with van der Waals surface area (Å²) in [6.45, 7) is 3.94. The molecule has 1 saturated heterocycles. The van der Waals surface area contributed by atoms with Gasteiger partial charge >= 0.3 is 0 Å². The molecule has 6 nitrogen and oxygen atoms in total. The minimum absolute atomic E-state index is 0.303. The molecule has 4 rings (SSSR count). The van der Waals surface area contributed by atoms with Crippen molar-refractivity contribution < 1.29 is 8.42 Å². The Bertz CT molecular complexity index is 883. The molecular formula is C19H26N4O2S. The van der Waals surface area contributed by atoms with E-state index in [2.05, 4.69) is 14.8 Å². The molecular weight excluding hydrogens is 348 g/mol. The summed E-state index contributed by atoms with van der Waals surface area (Å²) in [4.78, 5) is 0.426. The van der Waals surface area contributed by atoms with Gasteiger partial charge in [0.2, 0.25) is 10.0 Å². The smallest absolute Gasteiger partial charge is 0.243 e. The summed E-state index contributed by atoms with van der Waals surface area (Å²) < 4.78 is 29.9. The first-order chi connectivity index (χ1) is 12.6. The fourth-order valence-electron chi connectivity index (χ4n) is 4.15. The Kier molecular flexibility index (Phi) is 4.84. The second-order valence-corrected chi connectivity index (χ2v) is 9.29. The van der Waals surface area contributed by atoms with Gasteiger partial charge in [-0.15, -0.1) is 10.2 Å². The van der Waals surface area contributed by atoms with Crippen LogP contribution in [0.2, 0.25) is 0 Å². The van der Waals surface area contributed by atoms with Crippen molar-refractivity contribution in [2.24, 2.45) is 0 Å². The zero-order valence-corrected chi connectivity index (χ0v) is 16.1. The molecule has 2 aliphatic heterocycles. The molecule has 0 amide bonds. The Hall–Kier alpha value is -1.73. The van der Waals surface area contributed by atoms with Crippen molar-refractivity contribution in [2.45, 2.75) is 62.8 Å². The number of hydrogen-bond donors (Lipinski definition) is 0. The van der Waals surface area contributed by atoms with Crippen LogP contribution in [0.15, 0.2) is 29.2 Å². The Labute approximate surface area is 155 Å². The van der Waals surface area contributed by atoms with Crippen LogP contribution in [0, 0.1) is 6.92 Å². The number of nitrogens with zero attached hydrogens (tertiary/aromatic N) is 4. The van der Waals surface area contributed by atoms with Gasteiger partial charge in [0.25, 0.3) is 0 Å². The fourth-order valence-corrected chi connectivity index (χ4v) is 5.84. The first kappa shape index (κ1) is 17.7. The van der Waals surface area contributed by atoms with Crippen molar-refractivity contribution >= 4 is 10.0 Å². The number of aromatic nitrogens is 3. The molecule has 2 aliphatic rings. The summed E-state index contributed by atoms with van der Waals surface area (Å²) in [5.41, 5.74) is 0.803. The van der Waals surface area contributed by atoms with E-state index in [0.29, 0.717) is 23.9 Å². The van der Waals surface area contributed by atoms with Gasteiger partial charge in [-0.25, -0.2) is 8.42 Å². The lowest BCUT2D eigenvalue weighted by atomic mass is 9.97. The van der Waals surface area contributed by atoms with E-state index in [9.17, 15) is 8.42 Å². The van der Waals surface area contributed by atoms with Gasteiger partial charge in [0.1, 0.15) is 11.6 Å². The van der Waals surface area contributed by atoms with Crippen LogP contribution < -0.4 is 0 Å². The van der Waals surface area contributed by atoms with E-state index in [4.69, 9.17) is 0 Å². The van der Waals surface area contributed by atoms with Crippen LogP contribution in [0.4, 0.5) is 0 Å².